The maximum atomic E-state index is 9.82. The summed E-state index contributed by atoms with van der Waals surface area (Å²) < 4.78 is 5.58. The number of aryl methyl sites for hydroxylation is 1. The van der Waals surface area contributed by atoms with Crippen molar-refractivity contribution in [1.29, 1.82) is 0 Å². The van der Waals surface area contributed by atoms with Gasteiger partial charge in [-0.2, -0.15) is 0 Å². The third-order valence-electron chi connectivity index (χ3n) is 2.96. The minimum atomic E-state index is -0.463. The molecule has 1 aromatic carbocycles. The molecular weight excluding hydrogens is 190 g/mol. The van der Waals surface area contributed by atoms with Crippen LogP contribution >= 0.6 is 0 Å². The molecule has 1 heterocycles. The summed E-state index contributed by atoms with van der Waals surface area (Å²) in [6.07, 6.45) is 0.379. The fraction of sp³-hybridized carbons (Fsp3) is 0.500. The summed E-state index contributed by atoms with van der Waals surface area (Å²) in [7, 11) is 0. The van der Waals surface area contributed by atoms with E-state index >= 15 is 0 Å². The Bertz CT molecular complexity index is 351. The normalized spacial score (nSPS) is 21.7. The molecule has 1 aliphatic rings. The fourth-order valence-corrected chi connectivity index (χ4v) is 2.09. The van der Waals surface area contributed by atoms with E-state index in [0.717, 1.165) is 17.7 Å². The Balaban J connectivity index is 2.34. The molecule has 3 nitrogen and oxygen atoms in total. The topological polar surface area (TPSA) is 55.5 Å². The predicted octanol–water partition coefficient (Wildman–Crippen LogP) is 1.18. The highest BCUT2D eigenvalue weighted by atomic mass is 16.5. The maximum absolute atomic E-state index is 9.82. The summed E-state index contributed by atoms with van der Waals surface area (Å²) >= 11 is 0. The molecule has 2 atom stereocenters. The average Bonchev–Trinajstić information content (AvgIpc) is 2.26. The Morgan fingerprint density at radius 1 is 1.60 bits per heavy atom. The van der Waals surface area contributed by atoms with Gasteiger partial charge >= 0.3 is 0 Å². The highest BCUT2D eigenvalue weighted by Gasteiger charge is 2.26. The summed E-state index contributed by atoms with van der Waals surface area (Å²) in [4.78, 5) is 0. The number of aliphatic hydroxyl groups excluding tert-OH is 1. The number of hydrogen-bond acceptors (Lipinski definition) is 3. The number of nitrogens with two attached hydrogens (primary N) is 1. The average molecular weight is 207 g/mol. The van der Waals surface area contributed by atoms with Crippen LogP contribution in [0.5, 0.6) is 5.75 Å². The van der Waals surface area contributed by atoms with Crippen molar-refractivity contribution in [1.82, 2.24) is 0 Å². The Kier molecular flexibility index (Phi) is 2.93. The van der Waals surface area contributed by atoms with Gasteiger partial charge in [-0.15, -0.1) is 0 Å². The van der Waals surface area contributed by atoms with Crippen LogP contribution in [-0.2, 0) is 0 Å². The van der Waals surface area contributed by atoms with Crippen LogP contribution in [0.3, 0.4) is 0 Å². The van der Waals surface area contributed by atoms with Crippen LogP contribution in [0.1, 0.15) is 23.5 Å². The van der Waals surface area contributed by atoms with Gasteiger partial charge < -0.3 is 15.6 Å². The van der Waals surface area contributed by atoms with Crippen LogP contribution in [-0.4, -0.2) is 24.4 Å². The van der Waals surface area contributed by atoms with Gasteiger partial charge in [0.1, 0.15) is 5.75 Å². The quantitative estimate of drug-likeness (QED) is 0.765. The summed E-state index contributed by atoms with van der Waals surface area (Å²) in [5, 5.41) is 9.82. The Morgan fingerprint density at radius 3 is 3.13 bits per heavy atom. The van der Waals surface area contributed by atoms with Gasteiger partial charge in [-0.05, 0) is 30.5 Å². The zero-order valence-corrected chi connectivity index (χ0v) is 8.94. The summed E-state index contributed by atoms with van der Waals surface area (Å²) in [5.74, 6) is 1.03. The smallest absolute Gasteiger partial charge is 0.123 e. The van der Waals surface area contributed by atoms with Gasteiger partial charge in [0.15, 0.2) is 0 Å². The second kappa shape index (κ2) is 4.21. The summed E-state index contributed by atoms with van der Waals surface area (Å²) in [5.41, 5.74) is 7.76. The minimum Gasteiger partial charge on any atom is -0.493 e. The highest BCUT2D eigenvalue weighted by molar-refractivity contribution is 5.41. The Hall–Kier alpha value is -1.06. The van der Waals surface area contributed by atoms with E-state index in [1.807, 2.05) is 25.1 Å². The van der Waals surface area contributed by atoms with Crippen LogP contribution in [0.2, 0.25) is 0 Å². The maximum Gasteiger partial charge on any atom is 0.123 e. The highest BCUT2D eigenvalue weighted by Crippen LogP contribution is 2.35. The van der Waals surface area contributed by atoms with Gasteiger partial charge in [-0.3, -0.25) is 0 Å². The lowest BCUT2D eigenvalue weighted by atomic mass is 9.88. The molecule has 1 aromatic rings. The van der Waals surface area contributed by atoms with Crippen molar-refractivity contribution in [2.75, 3.05) is 13.2 Å². The lowest BCUT2D eigenvalue weighted by molar-refractivity contribution is 0.123. The molecule has 0 fully saturated rings. The zero-order valence-electron chi connectivity index (χ0n) is 8.94. The van der Waals surface area contributed by atoms with E-state index in [4.69, 9.17) is 10.5 Å². The Morgan fingerprint density at radius 2 is 2.40 bits per heavy atom. The number of benzene rings is 1. The fourth-order valence-electron chi connectivity index (χ4n) is 2.09. The summed E-state index contributed by atoms with van der Waals surface area (Å²) in [6, 6.07) is 6.10. The lowest BCUT2D eigenvalue weighted by Gasteiger charge is -2.29. The molecule has 0 radical (unpaired) electrons. The molecule has 0 bridgehead atoms. The first-order chi connectivity index (χ1) is 7.22. The number of aliphatic hydroxyl groups is 1. The lowest BCUT2D eigenvalue weighted by Crippen LogP contribution is -2.31. The first kappa shape index (κ1) is 10.5. The van der Waals surface area contributed by atoms with Gasteiger partial charge in [-0.25, -0.2) is 0 Å². The first-order valence-corrected chi connectivity index (χ1v) is 5.34. The third kappa shape index (κ3) is 1.98. The molecule has 0 aromatic heterocycles. The molecule has 0 aliphatic carbocycles. The minimum absolute atomic E-state index is 0.124. The van der Waals surface area contributed by atoms with E-state index in [9.17, 15) is 5.11 Å². The van der Waals surface area contributed by atoms with Crippen molar-refractivity contribution >= 4 is 0 Å². The molecule has 3 N–H and O–H groups in total. The number of fused-ring (bicyclic) bond motifs is 1. The van der Waals surface area contributed by atoms with Crippen molar-refractivity contribution < 1.29 is 9.84 Å². The number of ether oxygens (including phenoxy) is 1. The van der Waals surface area contributed by atoms with Gasteiger partial charge in [0.25, 0.3) is 0 Å². The zero-order chi connectivity index (χ0) is 10.8. The molecule has 15 heavy (non-hydrogen) atoms. The van der Waals surface area contributed by atoms with Crippen LogP contribution in [0.25, 0.3) is 0 Å². The third-order valence-corrected chi connectivity index (χ3v) is 2.96. The molecular formula is C12H17NO2. The van der Waals surface area contributed by atoms with Gasteiger partial charge in [0.05, 0.1) is 12.7 Å². The second-order valence-electron chi connectivity index (χ2n) is 4.09. The standard InChI is InChI=1S/C12H17NO2/c1-8-2-3-10-9(11(14)7-13)4-5-15-12(10)6-8/h2-3,6,9,11,14H,4-5,7,13H2,1H3. The van der Waals surface area contributed by atoms with E-state index in [2.05, 4.69) is 0 Å². The van der Waals surface area contributed by atoms with Crippen molar-refractivity contribution in [3.63, 3.8) is 0 Å². The van der Waals surface area contributed by atoms with Crippen molar-refractivity contribution in [2.24, 2.45) is 5.73 Å². The van der Waals surface area contributed by atoms with Gasteiger partial charge in [0, 0.05) is 12.5 Å². The van der Waals surface area contributed by atoms with Crippen LogP contribution in [0.4, 0.5) is 0 Å². The molecule has 3 heteroatoms. The van der Waals surface area contributed by atoms with E-state index < -0.39 is 6.10 Å². The molecule has 0 amide bonds. The van der Waals surface area contributed by atoms with Crippen LogP contribution in [0.15, 0.2) is 18.2 Å². The largest absolute Gasteiger partial charge is 0.493 e. The predicted molar refractivity (Wildman–Crippen MR) is 59.1 cm³/mol. The van der Waals surface area contributed by atoms with E-state index in [1.165, 1.54) is 5.56 Å². The number of rotatable bonds is 2. The van der Waals surface area contributed by atoms with Crippen molar-refractivity contribution in [3.8, 4) is 5.75 Å². The monoisotopic (exact) mass is 207 g/mol. The van der Waals surface area contributed by atoms with Gasteiger partial charge in [0.2, 0.25) is 0 Å². The van der Waals surface area contributed by atoms with E-state index in [1.54, 1.807) is 0 Å². The van der Waals surface area contributed by atoms with E-state index in [-0.39, 0.29) is 5.92 Å². The molecule has 0 saturated heterocycles. The molecule has 0 spiro atoms. The van der Waals surface area contributed by atoms with Gasteiger partial charge in [-0.1, -0.05) is 12.1 Å². The van der Waals surface area contributed by atoms with E-state index in [0.29, 0.717) is 13.2 Å². The SMILES string of the molecule is Cc1ccc2c(c1)OCCC2C(O)CN. The molecule has 1 aliphatic heterocycles. The number of hydrogen-bond donors (Lipinski definition) is 2. The Labute approximate surface area is 89.9 Å². The first-order valence-electron chi connectivity index (χ1n) is 5.34. The summed E-state index contributed by atoms with van der Waals surface area (Å²) in [6.45, 7) is 3.00. The molecule has 2 rings (SSSR count). The molecule has 2 unspecified atom stereocenters. The molecule has 82 valence electrons. The molecule has 0 saturated carbocycles. The van der Waals surface area contributed by atoms with Crippen molar-refractivity contribution in [2.45, 2.75) is 25.4 Å². The van der Waals surface area contributed by atoms with Crippen LogP contribution in [0, 0.1) is 6.92 Å². The van der Waals surface area contributed by atoms with Crippen molar-refractivity contribution in [3.05, 3.63) is 29.3 Å². The van der Waals surface area contributed by atoms with Crippen LogP contribution < -0.4 is 10.5 Å². The second-order valence-corrected chi connectivity index (χ2v) is 4.09.